The molecule has 2 heterocycles. The van der Waals surface area contributed by atoms with Gasteiger partial charge in [0.15, 0.2) is 5.82 Å². The number of carboxylic acids is 1. The van der Waals surface area contributed by atoms with Crippen LogP contribution in [0.15, 0.2) is 82.7 Å². The second-order valence-corrected chi connectivity index (χ2v) is 8.79. The van der Waals surface area contributed by atoms with Gasteiger partial charge in [0, 0.05) is 27.7 Å². The van der Waals surface area contributed by atoms with Gasteiger partial charge in [0.05, 0.1) is 22.7 Å². The summed E-state index contributed by atoms with van der Waals surface area (Å²) in [5, 5.41) is 15.0. The molecule has 38 heavy (non-hydrogen) atoms. The van der Waals surface area contributed by atoms with E-state index in [-0.39, 0.29) is 16.8 Å². The lowest BCUT2D eigenvalue weighted by molar-refractivity contribution is -0.140. The molecule has 0 aliphatic carbocycles. The third-order valence-electron chi connectivity index (χ3n) is 6.45. The number of carboxylic acid groups (broad SMARTS) is 1. The Kier molecular flexibility index (Phi) is 6.10. The SMILES string of the molecule is Cc1c(C=Nn2c(-c3cccc(C(F)(F)F)c3)nc3ccccc3c2=O)c2ccccc2n1[C@H](C)C(=O)O. The van der Waals surface area contributed by atoms with Crippen molar-refractivity contribution in [2.24, 2.45) is 5.10 Å². The third kappa shape index (κ3) is 4.23. The standard InChI is InChI=1S/C28H21F3N4O3/c1-16-22(20-10-4-6-13-24(20)34(16)17(2)27(37)38)15-32-35-25(18-8-7-9-19(14-18)28(29,30)31)33-23-12-5-3-11-21(23)26(35)36/h3-15,17H,1-2H3,(H,37,38)/t17-/m1/s1. The summed E-state index contributed by atoms with van der Waals surface area (Å²) in [6, 6.07) is 17.4. The number of fused-ring (bicyclic) bond motifs is 2. The van der Waals surface area contributed by atoms with Gasteiger partial charge >= 0.3 is 12.1 Å². The second kappa shape index (κ2) is 9.29. The highest BCUT2D eigenvalue weighted by Crippen LogP contribution is 2.32. The molecule has 2 aromatic heterocycles. The van der Waals surface area contributed by atoms with Gasteiger partial charge in [0.25, 0.3) is 5.56 Å². The number of para-hydroxylation sites is 2. The second-order valence-electron chi connectivity index (χ2n) is 8.79. The summed E-state index contributed by atoms with van der Waals surface area (Å²) < 4.78 is 43.0. The van der Waals surface area contributed by atoms with Crippen LogP contribution in [0, 0.1) is 6.92 Å². The molecule has 0 radical (unpaired) electrons. The quantitative estimate of drug-likeness (QED) is 0.295. The van der Waals surface area contributed by atoms with E-state index in [1.165, 1.54) is 18.3 Å². The van der Waals surface area contributed by atoms with Crippen molar-refractivity contribution < 1.29 is 23.1 Å². The monoisotopic (exact) mass is 518 g/mol. The molecule has 5 aromatic rings. The Balaban J connectivity index is 1.75. The number of benzene rings is 3. The predicted octanol–water partition coefficient (Wildman–Crippen LogP) is 5.87. The summed E-state index contributed by atoms with van der Waals surface area (Å²) in [7, 11) is 0. The van der Waals surface area contributed by atoms with Gasteiger partial charge in [0.2, 0.25) is 0 Å². The van der Waals surface area contributed by atoms with E-state index in [0.717, 1.165) is 16.8 Å². The smallest absolute Gasteiger partial charge is 0.416 e. The first-order chi connectivity index (χ1) is 18.1. The molecular formula is C28H21F3N4O3. The molecule has 7 nitrogen and oxygen atoms in total. The van der Waals surface area contributed by atoms with Crippen molar-refractivity contribution in [1.82, 2.24) is 14.2 Å². The van der Waals surface area contributed by atoms with Crippen LogP contribution in [-0.2, 0) is 11.0 Å². The van der Waals surface area contributed by atoms with Crippen molar-refractivity contribution in [3.63, 3.8) is 0 Å². The van der Waals surface area contributed by atoms with Crippen LogP contribution in [0.4, 0.5) is 13.2 Å². The minimum absolute atomic E-state index is 0.0589. The summed E-state index contributed by atoms with van der Waals surface area (Å²) in [6.45, 7) is 3.31. The molecule has 0 saturated carbocycles. The zero-order valence-corrected chi connectivity index (χ0v) is 20.3. The van der Waals surface area contributed by atoms with Gasteiger partial charge in [-0.3, -0.25) is 4.79 Å². The van der Waals surface area contributed by atoms with E-state index in [0.29, 0.717) is 27.7 Å². The zero-order chi connectivity index (χ0) is 27.2. The first kappa shape index (κ1) is 24.9. The molecule has 0 bridgehead atoms. The van der Waals surface area contributed by atoms with Crippen LogP contribution in [0.5, 0.6) is 0 Å². The van der Waals surface area contributed by atoms with Gasteiger partial charge in [-0.2, -0.15) is 22.9 Å². The number of hydrogen-bond donors (Lipinski definition) is 1. The molecule has 0 fully saturated rings. The predicted molar refractivity (Wildman–Crippen MR) is 138 cm³/mol. The summed E-state index contributed by atoms with van der Waals surface area (Å²) in [5.74, 6) is -1.07. The third-order valence-corrected chi connectivity index (χ3v) is 6.45. The highest BCUT2D eigenvalue weighted by Gasteiger charge is 2.31. The van der Waals surface area contributed by atoms with Crippen molar-refractivity contribution in [2.45, 2.75) is 26.1 Å². The summed E-state index contributed by atoms with van der Waals surface area (Å²) >= 11 is 0. The van der Waals surface area contributed by atoms with Crippen LogP contribution >= 0.6 is 0 Å². The largest absolute Gasteiger partial charge is 0.480 e. The summed E-state index contributed by atoms with van der Waals surface area (Å²) in [5.41, 5.74) is 0.798. The maximum absolute atomic E-state index is 13.5. The van der Waals surface area contributed by atoms with E-state index in [4.69, 9.17) is 0 Å². The lowest BCUT2D eigenvalue weighted by atomic mass is 10.1. The molecule has 0 saturated heterocycles. The van der Waals surface area contributed by atoms with Crippen molar-refractivity contribution in [2.75, 3.05) is 0 Å². The normalized spacial score (nSPS) is 13.0. The van der Waals surface area contributed by atoms with E-state index in [1.54, 1.807) is 60.9 Å². The van der Waals surface area contributed by atoms with E-state index in [2.05, 4.69) is 10.1 Å². The van der Waals surface area contributed by atoms with Crippen molar-refractivity contribution >= 4 is 34.0 Å². The number of hydrogen-bond acceptors (Lipinski definition) is 4. The van der Waals surface area contributed by atoms with Gasteiger partial charge in [-0.25, -0.2) is 9.78 Å². The highest BCUT2D eigenvalue weighted by molar-refractivity contribution is 6.01. The minimum atomic E-state index is -4.58. The number of carbonyl (C=O) groups is 1. The number of aromatic nitrogens is 3. The van der Waals surface area contributed by atoms with Crippen LogP contribution in [0.2, 0.25) is 0 Å². The number of nitrogens with zero attached hydrogens (tertiary/aromatic N) is 4. The Hall–Kier alpha value is -4.73. The molecule has 10 heteroatoms. The van der Waals surface area contributed by atoms with Gasteiger partial charge < -0.3 is 9.67 Å². The average Bonchev–Trinajstić information content (AvgIpc) is 3.18. The highest BCUT2D eigenvalue weighted by atomic mass is 19.4. The lowest BCUT2D eigenvalue weighted by Gasteiger charge is -2.13. The van der Waals surface area contributed by atoms with Gasteiger partial charge in [-0.15, -0.1) is 0 Å². The average molecular weight is 518 g/mol. The number of halogens is 3. The van der Waals surface area contributed by atoms with Crippen molar-refractivity contribution in [1.29, 1.82) is 0 Å². The molecular weight excluding hydrogens is 497 g/mol. The van der Waals surface area contributed by atoms with Crippen molar-refractivity contribution in [3.8, 4) is 11.4 Å². The molecule has 1 atom stereocenters. The maximum Gasteiger partial charge on any atom is 0.416 e. The first-order valence-electron chi connectivity index (χ1n) is 11.6. The first-order valence-corrected chi connectivity index (χ1v) is 11.6. The summed E-state index contributed by atoms with van der Waals surface area (Å²) in [4.78, 5) is 29.7. The van der Waals surface area contributed by atoms with Crippen LogP contribution < -0.4 is 5.56 Å². The van der Waals surface area contributed by atoms with Gasteiger partial charge in [-0.1, -0.05) is 42.5 Å². The Morgan fingerprint density at radius 2 is 1.71 bits per heavy atom. The van der Waals surface area contributed by atoms with E-state index < -0.39 is 29.3 Å². The molecule has 0 unspecified atom stereocenters. The Labute approximate surface area is 214 Å². The van der Waals surface area contributed by atoms with Crippen LogP contribution in [0.1, 0.15) is 29.8 Å². The number of rotatable bonds is 5. The van der Waals surface area contributed by atoms with Gasteiger partial charge in [-0.05, 0) is 44.2 Å². The Morgan fingerprint density at radius 3 is 2.42 bits per heavy atom. The summed E-state index contributed by atoms with van der Waals surface area (Å²) in [6.07, 6.45) is -3.17. The maximum atomic E-state index is 13.5. The minimum Gasteiger partial charge on any atom is -0.480 e. The van der Waals surface area contributed by atoms with Crippen molar-refractivity contribution in [3.05, 3.63) is 100.0 Å². The Morgan fingerprint density at radius 1 is 1.03 bits per heavy atom. The van der Waals surface area contributed by atoms with E-state index in [9.17, 15) is 27.9 Å². The molecule has 0 aliphatic rings. The molecule has 192 valence electrons. The molecule has 0 amide bonds. The molecule has 3 aromatic carbocycles. The number of alkyl halides is 3. The fourth-order valence-corrected chi connectivity index (χ4v) is 4.56. The van der Waals surface area contributed by atoms with Gasteiger partial charge in [0.1, 0.15) is 6.04 Å². The van der Waals surface area contributed by atoms with E-state index >= 15 is 0 Å². The fraction of sp³-hybridized carbons (Fsp3) is 0.143. The van der Waals surface area contributed by atoms with Crippen LogP contribution in [0.3, 0.4) is 0 Å². The molecule has 1 N–H and O–H groups in total. The Bertz CT molecular complexity index is 1800. The molecule has 0 spiro atoms. The van der Waals surface area contributed by atoms with E-state index in [1.807, 2.05) is 6.07 Å². The zero-order valence-electron chi connectivity index (χ0n) is 20.3. The fourth-order valence-electron chi connectivity index (χ4n) is 4.56. The van der Waals surface area contributed by atoms with Crippen LogP contribution in [0.25, 0.3) is 33.2 Å². The lowest BCUT2D eigenvalue weighted by Crippen LogP contribution is -2.20. The topological polar surface area (TPSA) is 89.5 Å². The number of aliphatic carboxylic acids is 1. The molecule has 0 aliphatic heterocycles. The van der Waals surface area contributed by atoms with Crippen LogP contribution in [-0.4, -0.2) is 31.5 Å². The molecule has 5 rings (SSSR count).